The summed E-state index contributed by atoms with van der Waals surface area (Å²) in [6.07, 6.45) is 3.09. The first-order valence-electron chi connectivity index (χ1n) is 6.09. The van der Waals surface area contributed by atoms with E-state index >= 15 is 0 Å². The van der Waals surface area contributed by atoms with Gasteiger partial charge in [-0.15, -0.1) is 0 Å². The smallest absolute Gasteiger partial charge is 0.352 e. The number of aromatic carboxylic acids is 1. The van der Waals surface area contributed by atoms with Crippen LogP contribution >= 0.6 is 0 Å². The van der Waals surface area contributed by atoms with Crippen LogP contribution in [0.1, 0.15) is 58.3 Å². The van der Waals surface area contributed by atoms with E-state index in [0.29, 0.717) is 16.8 Å². The Morgan fingerprint density at radius 3 is 2.33 bits per heavy atom. The van der Waals surface area contributed by atoms with Crippen LogP contribution in [0.5, 0.6) is 0 Å². The van der Waals surface area contributed by atoms with Crippen molar-refractivity contribution in [3.8, 4) is 0 Å². The van der Waals surface area contributed by atoms with Gasteiger partial charge in [-0.1, -0.05) is 0 Å². The number of aryl methyl sites for hydroxylation is 1. The van der Waals surface area contributed by atoms with Crippen LogP contribution in [0.3, 0.4) is 0 Å². The zero-order valence-corrected chi connectivity index (χ0v) is 10.9. The maximum Gasteiger partial charge on any atom is 0.352 e. The number of nitrogens with one attached hydrogen (secondary N) is 2. The molecule has 1 fully saturated rings. The molecule has 1 amide bonds. The van der Waals surface area contributed by atoms with Gasteiger partial charge in [0.1, 0.15) is 5.69 Å². The van der Waals surface area contributed by atoms with E-state index in [1.54, 1.807) is 13.8 Å². The molecule has 5 nitrogen and oxygen atoms in total. The lowest BCUT2D eigenvalue weighted by Gasteiger charge is -2.39. The Balaban J connectivity index is 2.27. The van der Waals surface area contributed by atoms with Gasteiger partial charge in [-0.05, 0) is 45.6 Å². The van der Waals surface area contributed by atoms with Crippen molar-refractivity contribution < 1.29 is 14.7 Å². The highest BCUT2D eigenvalue weighted by Crippen LogP contribution is 2.31. The summed E-state index contributed by atoms with van der Waals surface area (Å²) in [5, 5.41) is 12.0. The summed E-state index contributed by atoms with van der Waals surface area (Å²) in [4.78, 5) is 26.0. The molecule has 18 heavy (non-hydrogen) atoms. The van der Waals surface area contributed by atoms with E-state index in [4.69, 9.17) is 5.11 Å². The Bertz CT molecular complexity index is 513. The number of aromatic amines is 1. The Kier molecular flexibility index (Phi) is 2.92. The molecule has 0 spiro atoms. The molecule has 2 rings (SSSR count). The highest BCUT2D eigenvalue weighted by atomic mass is 16.4. The van der Waals surface area contributed by atoms with Crippen LogP contribution in [0.15, 0.2) is 0 Å². The first-order valence-corrected chi connectivity index (χ1v) is 6.09. The molecule has 1 heterocycles. The van der Waals surface area contributed by atoms with E-state index in [-0.39, 0.29) is 17.1 Å². The van der Waals surface area contributed by atoms with E-state index in [2.05, 4.69) is 10.3 Å². The van der Waals surface area contributed by atoms with Crippen molar-refractivity contribution in [2.45, 2.75) is 45.6 Å². The standard InChI is InChI=1S/C13H18N2O3/c1-7-9(8(2)14-10(7)12(17)18)11(16)15-13(3)5-4-6-13/h14H,4-6H2,1-3H3,(H,15,16)(H,17,18). The normalized spacial score (nSPS) is 17.1. The number of carboxylic acids is 1. The van der Waals surface area contributed by atoms with Crippen LogP contribution in [0.25, 0.3) is 0 Å². The summed E-state index contributed by atoms with van der Waals surface area (Å²) >= 11 is 0. The van der Waals surface area contributed by atoms with Gasteiger partial charge in [0, 0.05) is 11.2 Å². The zero-order valence-electron chi connectivity index (χ0n) is 10.9. The average molecular weight is 250 g/mol. The molecular formula is C13H18N2O3. The average Bonchev–Trinajstić information content (AvgIpc) is 2.52. The molecule has 0 unspecified atom stereocenters. The molecule has 0 aliphatic heterocycles. The van der Waals surface area contributed by atoms with Crippen LogP contribution in [0, 0.1) is 13.8 Å². The fourth-order valence-corrected chi connectivity index (χ4v) is 2.47. The highest BCUT2D eigenvalue weighted by Gasteiger charge is 2.34. The van der Waals surface area contributed by atoms with Gasteiger partial charge >= 0.3 is 5.97 Å². The molecule has 1 aliphatic rings. The van der Waals surface area contributed by atoms with Gasteiger partial charge < -0.3 is 15.4 Å². The number of carbonyl (C=O) groups excluding carboxylic acids is 1. The highest BCUT2D eigenvalue weighted by molar-refractivity contribution is 6.01. The fourth-order valence-electron chi connectivity index (χ4n) is 2.47. The number of H-pyrrole nitrogens is 1. The second-order valence-electron chi connectivity index (χ2n) is 5.30. The lowest BCUT2D eigenvalue weighted by molar-refractivity contribution is 0.0690. The number of aromatic nitrogens is 1. The van der Waals surface area contributed by atoms with Crippen LogP contribution in [-0.4, -0.2) is 27.5 Å². The van der Waals surface area contributed by atoms with Crippen LogP contribution < -0.4 is 5.32 Å². The number of carboxylic acid groups (broad SMARTS) is 1. The maximum absolute atomic E-state index is 12.2. The van der Waals surface area contributed by atoms with Gasteiger partial charge in [0.05, 0.1) is 5.56 Å². The lowest BCUT2D eigenvalue weighted by Crippen LogP contribution is -2.51. The van der Waals surface area contributed by atoms with Crippen molar-refractivity contribution in [3.63, 3.8) is 0 Å². The quantitative estimate of drug-likeness (QED) is 0.767. The summed E-state index contributed by atoms with van der Waals surface area (Å²) in [6, 6.07) is 0. The van der Waals surface area contributed by atoms with Gasteiger partial charge in [-0.25, -0.2) is 4.79 Å². The minimum atomic E-state index is -1.04. The topological polar surface area (TPSA) is 82.2 Å². The molecule has 98 valence electrons. The molecule has 1 aliphatic carbocycles. The molecular weight excluding hydrogens is 232 g/mol. The summed E-state index contributed by atoms with van der Waals surface area (Å²) in [6.45, 7) is 5.40. The van der Waals surface area contributed by atoms with E-state index in [0.717, 1.165) is 19.3 Å². The second kappa shape index (κ2) is 4.15. The number of carbonyl (C=O) groups is 2. The van der Waals surface area contributed by atoms with Crippen molar-refractivity contribution in [1.29, 1.82) is 0 Å². The number of hydrogen-bond acceptors (Lipinski definition) is 2. The third-order valence-electron chi connectivity index (χ3n) is 3.75. The summed E-state index contributed by atoms with van der Waals surface area (Å²) in [5.41, 5.74) is 1.53. The third-order valence-corrected chi connectivity index (χ3v) is 3.75. The number of hydrogen-bond donors (Lipinski definition) is 3. The summed E-state index contributed by atoms with van der Waals surface area (Å²) in [5.74, 6) is -1.22. The van der Waals surface area contributed by atoms with Gasteiger partial charge in [-0.2, -0.15) is 0 Å². The van der Waals surface area contributed by atoms with Crippen LogP contribution in [-0.2, 0) is 0 Å². The Morgan fingerprint density at radius 1 is 1.33 bits per heavy atom. The minimum Gasteiger partial charge on any atom is -0.477 e. The molecule has 0 saturated heterocycles. The lowest BCUT2D eigenvalue weighted by atomic mass is 9.78. The largest absolute Gasteiger partial charge is 0.477 e. The summed E-state index contributed by atoms with van der Waals surface area (Å²) in [7, 11) is 0. The number of rotatable bonds is 3. The van der Waals surface area contributed by atoms with Crippen molar-refractivity contribution in [1.82, 2.24) is 10.3 Å². The fraction of sp³-hybridized carbons (Fsp3) is 0.538. The predicted molar refractivity (Wildman–Crippen MR) is 66.9 cm³/mol. The van der Waals surface area contributed by atoms with Crippen molar-refractivity contribution in [2.75, 3.05) is 0 Å². The summed E-state index contributed by atoms with van der Waals surface area (Å²) < 4.78 is 0. The zero-order chi connectivity index (χ0) is 13.5. The maximum atomic E-state index is 12.2. The van der Waals surface area contributed by atoms with Crippen molar-refractivity contribution in [2.24, 2.45) is 0 Å². The van der Waals surface area contributed by atoms with E-state index in [9.17, 15) is 9.59 Å². The predicted octanol–water partition coefficient (Wildman–Crippen LogP) is 2.00. The third kappa shape index (κ3) is 2.00. The molecule has 1 aromatic rings. The Labute approximate surface area is 106 Å². The molecule has 0 bridgehead atoms. The minimum absolute atomic E-state index is 0.0939. The Morgan fingerprint density at radius 2 is 1.94 bits per heavy atom. The molecule has 1 saturated carbocycles. The first-order chi connectivity index (χ1) is 8.34. The van der Waals surface area contributed by atoms with Gasteiger partial charge in [0.15, 0.2) is 0 Å². The van der Waals surface area contributed by atoms with E-state index < -0.39 is 5.97 Å². The van der Waals surface area contributed by atoms with Gasteiger partial charge in [-0.3, -0.25) is 4.79 Å². The second-order valence-corrected chi connectivity index (χ2v) is 5.30. The monoisotopic (exact) mass is 250 g/mol. The number of amides is 1. The molecule has 5 heteroatoms. The first kappa shape index (κ1) is 12.7. The van der Waals surface area contributed by atoms with Crippen molar-refractivity contribution >= 4 is 11.9 Å². The Hall–Kier alpha value is -1.78. The molecule has 3 N–H and O–H groups in total. The molecule has 1 aromatic heterocycles. The van der Waals surface area contributed by atoms with E-state index in [1.165, 1.54) is 0 Å². The van der Waals surface area contributed by atoms with Crippen LogP contribution in [0.4, 0.5) is 0 Å². The van der Waals surface area contributed by atoms with Gasteiger partial charge in [0.25, 0.3) is 5.91 Å². The van der Waals surface area contributed by atoms with Crippen molar-refractivity contribution in [3.05, 3.63) is 22.5 Å². The van der Waals surface area contributed by atoms with Gasteiger partial charge in [0.2, 0.25) is 0 Å². The van der Waals surface area contributed by atoms with Crippen LogP contribution in [0.2, 0.25) is 0 Å². The molecule has 0 aromatic carbocycles. The SMILES string of the molecule is Cc1[nH]c(C(=O)O)c(C)c1C(=O)NC1(C)CCC1. The molecule has 0 radical (unpaired) electrons. The van der Waals surface area contributed by atoms with E-state index in [1.807, 2.05) is 6.92 Å². The molecule has 0 atom stereocenters.